The molecule has 124 valence electrons. The van der Waals surface area contributed by atoms with Gasteiger partial charge in [0.1, 0.15) is 0 Å². The van der Waals surface area contributed by atoms with E-state index >= 15 is 0 Å². The summed E-state index contributed by atoms with van der Waals surface area (Å²) in [5.74, 6) is 2.80. The maximum atomic E-state index is 5.74. The summed E-state index contributed by atoms with van der Waals surface area (Å²) in [5, 5.41) is 0. The van der Waals surface area contributed by atoms with Crippen LogP contribution in [0.5, 0.6) is 0 Å². The van der Waals surface area contributed by atoms with Crippen molar-refractivity contribution in [3.63, 3.8) is 0 Å². The molecule has 21 heavy (non-hydrogen) atoms. The van der Waals surface area contributed by atoms with Crippen molar-refractivity contribution in [3.05, 3.63) is 0 Å². The Bertz CT molecular complexity index is 288. The number of hydrogen-bond acceptors (Lipinski definition) is 2. The van der Waals surface area contributed by atoms with Gasteiger partial charge in [-0.25, -0.2) is 0 Å². The Morgan fingerprint density at radius 2 is 1.62 bits per heavy atom. The van der Waals surface area contributed by atoms with Crippen molar-refractivity contribution in [1.29, 1.82) is 0 Å². The van der Waals surface area contributed by atoms with Crippen LogP contribution in [0.1, 0.15) is 73.1 Å². The molecule has 0 unspecified atom stereocenters. The van der Waals surface area contributed by atoms with Gasteiger partial charge in [-0.2, -0.15) is 0 Å². The summed E-state index contributed by atoms with van der Waals surface area (Å²) in [6.07, 6.45) is 8.88. The van der Waals surface area contributed by atoms with Crippen LogP contribution in [0.3, 0.4) is 0 Å². The average Bonchev–Trinajstić information content (AvgIpc) is 2.40. The largest absolute Gasteiger partial charge is 0.378 e. The van der Waals surface area contributed by atoms with Gasteiger partial charge in [0.15, 0.2) is 0 Å². The molecule has 0 amide bonds. The van der Waals surface area contributed by atoms with Gasteiger partial charge in [0.25, 0.3) is 0 Å². The second-order valence-electron chi connectivity index (χ2n) is 8.02. The van der Waals surface area contributed by atoms with Crippen molar-refractivity contribution in [3.8, 4) is 0 Å². The maximum Gasteiger partial charge on any atom is 0.0604 e. The van der Waals surface area contributed by atoms with Crippen LogP contribution < -0.4 is 0 Å². The van der Waals surface area contributed by atoms with Gasteiger partial charge in [-0.15, -0.1) is 0 Å². The summed E-state index contributed by atoms with van der Waals surface area (Å²) in [6.45, 7) is 13.8. The Morgan fingerprint density at radius 1 is 1.00 bits per heavy atom. The van der Waals surface area contributed by atoms with Gasteiger partial charge >= 0.3 is 0 Å². The van der Waals surface area contributed by atoms with Crippen molar-refractivity contribution in [2.45, 2.75) is 91.3 Å². The molecule has 0 aromatic carbocycles. The Kier molecular flexibility index (Phi) is 6.55. The molecule has 0 spiro atoms. The molecule has 2 aliphatic rings. The summed E-state index contributed by atoms with van der Waals surface area (Å²) in [7, 11) is 0. The van der Waals surface area contributed by atoms with Crippen molar-refractivity contribution in [2.24, 2.45) is 17.8 Å². The first kappa shape index (κ1) is 17.3. The van der Waals surface area contributed by atoms with Crippen molar-refractivity contribution >= 4 is 0 Å². The lowest BCUT2D eigenvalue weighted by Crippen LogP contribution is -2.52. The molecular formula is C19H37NO. The van der Waals surface area contributed by atoms with Crippen LogP contribution in [0.2, 0.25) is 0 Å². The van der Waals surface area contributed by atoms with Crippen LogP contribution in [0.25, 0.3) is 0 Å². The number of nitrogens with zero attached hydrogens (tertiary/aromatic N) is 1. The third-order valence-electron chi connectivity index (χ3n) is 5.91. The first-order chi connectivity index (χ1) is 10.0. The lowest BCUT2D eigenvalue weighted by atomic mass is 9.76. The van der Waals surface area contributed by atoms with E-state index in [0.717, 1.165) is 30.4 Å². The molecule has 0 N–H and O–H groups in total. The molecule has 2 heteroatoms. The minimum atomic E-state index is 0.540. The van der Waals surface area contributed by atoms with E-state index in [4.69, 9.17) is 4.74 Å². The van der Waals surface area contributed by atoms with E-state index in [-0.39, 0.29) is 0 Å². The van der Waals surface area contributed by atoms with Gasteiger partial charge < -0.3 is 4.74 Å². The fraction of sp³-hybridized carbons (Fsp3) is 1.00. The highest BCUT2D eigenvalue weighted by molar-refractivity contribution is 4.91. The standard InChI is InChI=1S/C19H37NO/c1-6-21-19-11-18(12-19)20(15(4)5)13-16-7-9-17(10-8-16)14(2)3/h14-19H,6-13H2,1-5H3/t16-,17-,18-,19-. The summed E-state index contributed by atoms with van der Waals surface area (Å²) in [5.41, 5.74) is 0. The van der Waals surface area contributed by atoms with Crippen molar-refractivity contribution in [1.82, 2.24) is 4.90 Å². The molecule has 0 aromatic rings. The third kappa shape index (κ3) is 4.69. The van der Waals surface area contributed by atoms with Crippen molar-refractivity contribution in [2.75, 3.05) is 13.2 Å². The number of rotatable bonds is 7. The Labute approximate surface area is 132 Å². The Morgan fingerprint density at radius 3 is 2.10 bits per heavy atom. The number of hydrogen-bond donors (Lipinski definition) is 0. The van der Waals surface area contributed by atoms with Crippen LogP contribution in [0, 0.1) is 17.8 Å². The van der Waals surface area contributed by atoms with Gasteiger partial charge in [-0.1, -0.05) is 13.8 Å². The Balaban J connectivity index is 1.76. The lowest BCUT2D eigenvalue weighted by molar-refractivity contribution is -0.0596. The molecule has 0 saturated heterocycles. The fourth-order valence-corrected chi connectivity index (χ4v) is 4.30. The van der Waals surface area contributed by atoms with Gasteiger partial charge in [0.2, 0.25) is 0 Å². The average molecular weight is 296 g/mol. The van der Waals surface area contributed by atoms with Gasteiger partial charge in [-0.3, -0.25) is 4.90 Å². The van der Waals surface area contributed by atoms with E-state index in [1.807, 2.05) is 0 Å². The molecule has 0 atom stereocenters. The van der Waals surface area contributed by atoms with E-state index in [1.165, 1.54) is 45.1 Å². The molecule has 0 aromatic heterocycles. The van der Waals surface area contributed by atoms with Gasteiger partial charge in [-0.05, 0) is 77.0 Å². The van der Waals surface area contributed by atoms with E-state index < -0.39 is 0 Å². The first-order valence-electron chi connectivity index (χ1n) is 9.38. The second kappa shape index (κ2) is 7.97. The van der Waals surface area contributed by atoms with Crippen LogP contribution >= 0.6 is 0 Å². The second-order valence-corrected chi connectivity index (χ2v) is 8.02. The van der Waals surface area contributed by atoms with Crippen LogP contribution in [-0.2, 0) is 4.74 Å². The summed E-state index contributed by atoms with van der Waals surface area (Å²) < 4.78 is 5.74. The van der Waals surface area contributed by atoms with Crippen molar-refractivity contribution < 1.29 is 4.74 Å². The summed E-state index contributed by atoms with van der Waals surface area (Å²) in [6, 6.07) is 1.46. The highest BCUT2D eigenvalue weighted by atomic mass is 16.5. The van der Waals surface area contributed by atoms with E-state index in [9.17, 15) is 0 Å². The topological polar surface area (TPSA) is 12.5 Å². The van der Waals surface area contributed by atoms with Crippen LogP contribution in [0.15, 0.2) is 0 Å². The molecule has 0 heterocycles. The van der Waals surface area contributed by atoms with Crippen LogP contribution in [-0.4, -0.2) is 36.2 Å². The molecule has 2 saturated carbocycles. The molecule has 0 bridgehead atoms. The van der Waals surface area contributed by atoms with E-state index in [0.29, 0.717) is 12.1 Å². The monoisotopic (exact) mass is 295 g/mol. The molecule has 2 fully saturated rings. The van der Waals surface area contributed by atoms with E-state index in [1.54, 1.807) is 0 Å². The zero-order valence-electron chi connectivity index (χ0n) is 15.0. The van der Waals surface area contributed by atoms with E-state index in [2.05, 4.69) is 39.5 Å². The molecule has 2 rings (SSSR count). The normalized spacial score (nSPS) is 33.7. The molecule has 2 nitrogen and oxygen atoms in total. The van der Waals surface area contributed by atoms with Gasteiger partial charge in [0.05, 0.1) is 6.10 Å². The molecular weight excluding hydrogens is 258 g/mol. The summed E-state index contributed by atoms with van der Waals surface area (Å²) >= 11 is 0. The smallest absolute Gasteiger partial charge is 0.0604 e. The highest BCUT2D eigenvalue weighted by Crippen LogP contribution is 2.36. The maximum absolute atomic E-state index is 5.74. The lowest BCUT2D eigenvalue weighted by Gasteiger charge is -2.46. The van der Waals surface area contributed by atoms with Crippen LogP contribution in [0.4, 0.5) is 0 Å². The predicted molar refractivity (Wildman–Crippen MR) is 90.6 cm³/mol. The number of ether oxygens (including phenoxy) is 1. The quantitative estimate of drug-likeness (QED) is 0.673. The first-order valence-corrected chi connectivity index (χ1v) is 9.38. The molecule has 0 aliphatic heterocycles. The minimum Gasteiger partial charge on any atom is -0.378 e. The fourth-order valence-electron chi connectivity index (χ4n) is 4.30. The summed E-state index contributed by atoms with van der Waals surface area (Å²) in [4.78, 5) is 2.77. The SMILES string of the molecule is CCO[C@H]1C[C@H](N(C[C@H]2CC[C@H](C(C)C)CC2)C(C)C)C1. The van der Waals surface area contributed by atoms with Gasteiger partial charge in [0, 0.05) is 25.2 Å². The zero-order chi connectivity index (χ0) is 15.4. The Hall–Kier alpha value is -0.0800. The molecule has 2 aliphatic carbocycles. The predicted octanol–water partition coefficient (Wildman–Crippen LogP) is 4.73. The third-order valence-corrected chi connectivity index (χ3v) is 5.91. The zero-order valence-corrected chi connectivity index (χ0v) is 15.0. The molecule has 0 radical (unpaired) electrons. The highest BCUT2D eigenvalue weighted by Gasteiger charge is 2.36. The minimum absolute atomic E-state index is 0.540.